The maximum Gasteiger partial charge on any atom is 0.00389 e. The zero-order valence-electron chi connectivity index (χ0n) is 7.78. The molecule has 0 saturated carbocycles. The summed E-state index contributed by atoms with van der Waals surface area (Å²) in [6.07, 6.45) is 2.77. The molecule has 2 atom stereocenters. The third-order valence-electron chi connectivity index (χ3n) is 1.91. The molecular weight excluding hydrogens is 134 g/mol. The molecule has 70 valence electrons. The molecule has 1 nitrogen and oxygen atoms in total. The van der Waals surface area contributed by atoms with Crippen molar-refractivity contribution in [1.82, 2.24) is 5.32 Å². The van der Waals surface area contributed by atoms with Crippen LogP contribution in [0.15, 0.2) is 0 Å². The minimum Gasteiger partial charge on any atom is -0.314 e. The van der Waals surface area contributed by atoms with Gasteiger partial charge in [-0.25, -0.2) is 0 Å². The Bertz CT molecular complexity index is 53.3. The van der Waals surface area contributed by atoms with Crippen LogP contribution in [-0.4, -0.2) is 12.6 Å². The van der Waals surface area contributed by atoms with E-state index in [1.807, 2.05) is 13.8 Å². The third kappa shape index (κ3) is 6.36. The van der Waals surface area contributed by atoms with Crippen LogP contribution >= 0.6 is 0 Å². The van der Waals surface area contributed by atoms with Gasteiger partial charge in [0.25, 0.3) is 0 Å². The van der Waals surface area contributed by atoms with Crippen molar-refractivity contribution in [3.05, 3.63) is 0 Å². The smallest absolute Gasteiger partial charge is 0.00389 e. The van der Waals surface area contributed by atoms with Crippen LogP contribution in [0.4, 0.5) is 0 Å². The van der Waals surface area contributed by atoms with Crippen LogP contribution in [0.3, 0.4) is 0 Å². The van der Waals surface area contributed by atoms with Gasteiger partial charge in [-0.3, -0.25) is 0 Å². The Morgan fingerprint density at radius 2 is 1.64 bits per heavy atom. The van der Waals surface area contributed by atoms with E-state index >= 15 is 0 Å². The first-order valence-corrected chi connectivity index (χ1v) is 4.52. The van der Waals surface area contributed by atoms with Gasteiger partial charge in [-0.2, -0.15) is 0 Å². The predicted octanol–water partition coefficient (Wildman–Crippen LogP) is 3.06. The molecule has 1 N–H and O–H groups in total. The molecule has 0 aliphatic carbocycles. The Morgan fingerprint density at radius 1 is 1.09 bits per heavy atom. The molecule has 0 aromatic rings. The lowest BCUT2D eigenvalue weighted by Gasteiger charge is -2.24. The van der Waals surface area contributed by atoms with Crippen LogP contribution in [0.5, 0.6) is 0 Å². The molecule has 1 fully saturated rings. The van der Waals surface area contributed by atoms with Crippen molar-refractivity contribution >= 4 is 0 Å². The minimum absolute atomic E-state index is 0. The Hall–Kier alpha value is -0.0400. The molecule has 1 rings (SSSR count). The van der Waals surface area contributed by atoms with Gasteiger partial charge < -0.3 is 5.32 Å². The van der Waals surface area contributed by atoms with Gasteiger partial charge >= 0.3 is 0 Å². The van der Waals surface area contributed by atoms with Crippen LogP contribution in [0.2, 0.25) is 0 Å². The number of hydrogen-bond acceptors (Lipinski definition) is 1. The molecule has 1 heterocycles. The predicted molar refractivity (Wildman–Crippen MR) is 53.9 cm³/mol. The highest BCUT2D eigenvalue weighted by molar-refractivity contribution is 4.71. The highest BCUT2D eigenvalue weighted by Gasteiger charge is 2.11. The number of piperidine rings is 1. The van der Waals surface area contributed by atoms with Crippen molar-refractivity contribution in [3.63, 3.8) is 0 Å². The van der Waals surface area contributed by atoms with Gasteiger partial charge in [-0.05, 0) is 32.2 Å². The summed E-state index contributed by atoms with van der Waals surface area (Å²) in [6.45, 7) is 9.78. The number of nitrogens with one attached hydrogen (secondary N) is 1. The van der Waals surface area contributed by atoms with E-state index in [0.29, 0.717) is 0 Å². The maximum absolute atomic E-state index is 3.43. The summed E-state index contributed by atoms with van der Waals surface area (Å²) in [5.41, 5.74) is 0. The highest BCUT2D eigenvalue weighted by atomic mass is 14.9. The average molecular weight is 159 g/mol. The monoisotopic (exact) mass is 159 g/mol. The molecule has 1 saturated heterocycles. The second-order valence-corrected chi connectivity index (χ2v) is 2.99. The topological polar surface area (TPSA) is 12.0 Å². The van der Waals surface area contributed by atoms with Crippen molar-refractivity contribution in [2.45, 2.75) is 54.0 Å². The molecule has 2 unspecified atom stereocenters. The van der Waals surface area contributed by atoms with Gasteiger partial charge in [-0.15, -0.1) is 0 Å². The van der Waals surface area contributed by atoms with Crippen LogP contribution in [0.25, 0.3) is 0 Å². The largest absolute Gasteiger partial charge is 0.314 e. The van der Waals surface area contributed by atoms with Crippen LogP contribution < -0.4 is 5.32 Å². The molecule has 0 radical (unpaired) electrons. The first-order valence-electron chi connectivity index (χ1n) is 4.52. The molecule has 0 bridgehead atoms. The fourth-order valence-corrected chi connectivity index (χ4v) is 1.14. The standard InChI is InChI=1S/C7H15N.C2H6.CH4/c1-6-3-4-7(2)8-5-6;1-2;/h6-8H,3-5H2,1-2H3;1-2H3;1H4. The Morgan fingerprint density at radius 3 is 1.91 bits per heavy atom. The summed E-state index contributed by atoms with van der Waals surface area (Å²) < 4.78 is 0. The number of rotatable bonds is 0. The quantitative estimate of drug-likeness (QED) is 0.573. The van der Waals surface area contributed by atoms with Crippen molar-refractivity contribution in [2.24, 2.45) is 5.92 Å². The molecular formula is C10H25N. The second-order valence-electron chi connectivity index (χ2n) is 2.99. The van der Waals surface area contributed by atoms with E-state index < -0.39 is 0 Å². The lowest BCUT2D eigenvalue weighted by atomic mass is 9.98. The van der Waals surface area contributed by atoms with Crippen LogP contribution in [-0.2, 0) is 0 Å². The molecule has 0 amide bonds. The van der Waals surface area contributed by atoms with E-state index in [-0.39, 0.29) is 7.43 Å². The summed E-state index contributed by atoms with van der Waals surface area (Å²) >= 11 is 0. The summed E-state index contributed by atoms with van der Waals surface area (Å²) in [4.78, 5) is 0. The third-order valence-corrected chi connectivity index (χ3v) is 1.91. The summed E-state index contributed by atoms with van der Waals surface area (Å²) in [5, 5.41) is 3.43. The van der Waals surface area contributed by atoms with Crippen molar-refractivity contribution in [3.8, 4) is 0 Å². The van der Waals surface area contributed by atoms with E-state index in [1.165, 1.54) is 19.4 Å². The average Bonchev–Trinajstić information content (AvgIpc) is 2.00. The fraction of sp³-hybridized carbons (Fsp3) is 1.00. The number of hydrogen-bond donors (Lipinski definition) is 1. The first kappa shape index (κ1) is 13.5. The van der Waals surface area contributed by atoms with Crippen LogP contribution in [0, 0.1) is 5.92 Å². The molecule has 0 spiro atoms. The normalized spacial score (nSPS) is 29.5. The second kappa shape index (κ2) is 8.06. The molecule has 0 aromatic heterocycles. The molecule has 1 aliphatic rings. The van der Waals surface area contributed by atoms with Crippen molar-refractivity contribution in [1.29, 1.82) is 0 Å². The molecule has 1 aliphatic heterocycles. The van der Waals surface area contributed by atoms with Crippen molar-refractivity contribution in [2.75, 3.05) is 6.54 Å². The van der Waals surface area contributed by atoms with Gasteiger partial charge in [0.2, 0.25) is 0 Å². The van der Waals surface area contributed by atoms with E-state index in [2.05, 4.69) is 19.2 Å². The molecule has 11 heavy (non-hydrogen) atoms. The van der Waals surface area contributed by atoms with Gasteiger partial charge in [0.1, 0.15) is 0 Å². The van der Waals surface area contributed by atoms with E-state index in [1.54, 1.807) is 0 Å². The Kier molecular flexibility index (Phi) is 9.92. The van der Waals surface area contributed by atoms with E-state index in [4.69, 9.17) is 0 Å². The fourth-order valence-electron chi connectivity index (χ4n) is 1.14. The van der Waals surface area contributed by atoms with Gasteiger partial charge in [0, 0.05) is 6.04 Å². The Labute approximate surface area is 72.6 Å². The van der Waals surface area contributed by atoms with Crippen LogP contribution in [0.1, 0.15) is 48.0 Å². The first-order chi connectivity index (χ1) is 4.79. The van der Waals surface area contributed by atoms with E-state index in [0.717, 1.165) is 12.0 Å². The highest BCUT2D eigenvalue weighted by Crippen LogP contribution is 2.11. The molecule has 1 heteroatoms. The summed E-state index contributed by atoms with van der Waals surface area (Å²) in [6, 6.07) is 0.770. The SMILES string of the molecule is C.CC.CC1CCC(C)NC1. The zero-order chi connectivity index (χ0) is 7.98. The minimum atomic E-state index is 0. The van der Waals surface area contributed by atoms with Gasteiger partial charge in [0.15, 0.2) is 0 Å². The van der Waals surface area contributed by atoms with E-state index in [9.17, 15) is 0 Å². The Balaban J connectivity index is 0. The zero-order valence-corrected chi connectivity index (χ0v) is 7.78. The lowest BCUT2D eigenvalue weighted by Crippen LogP contribution is -2.35. The van der Waals surface area contributed by atoms with Gasteiger partial charge in [-0.1, -0.05) is 28.2 Å². The van der Waals surface area contributed by atoms with Crippen molar-refractivity contribution < 1.29 is 0 Å². The molecule has 0 aromatic carbocycles. The maximum atomic E-state index is 3.43. The lowest BCUT2D eigenvalue weighted by molar-refractivity contribution is 0.343. The summed E-state index contributed by atoms with van der Waals surface area (Å²) in [7, 11) is 0. The summed E-state index contributed by atoms with van der Waals surface area (Å²) in [5.74, 6) is 0.909. The van der Waals surface area contributed by atoms with Gasteiger partial charge in [0.05, 0.1) is 0 Å².